The van der Waals surface area contributed by atoms with Crippen LogP contribution in [0.2, 0.25) is 0 Å². The number of aromatic nitrogens is 1. The van der Waals surface area contributed by atoms with Crippen molar-refractivity contribution in [2.45, 2.75) is 25.4 Å². The normalized spacial score (nSPS) is 26.3. The minimum absolute atomic E-state index is 0.155. The molecule has 2 heterocycles. The van der Waals surface area contributed by atoms with E-state index in [0.29, 0.717) is 6.04 Å². The van der Waals surface area contributed by atoms with Gasteiger partial charge in [-0.3, -0.25) is 4.90 Å². The molecule has 0 radical (unpaired) electrons. The smallest absolute Gasteiger partial charge is 0.0462 e. The molecule has 1 aromatic carbocycles. The zero-order valence-corrected chi connectivity index (χ0v) is 11.2. The molecular formula is C16H19N3. The molecule has 2 aromatic rings. The predicted octanol–water partition coefficient (Wildman–Crippen LogP) is 2.14. The lowest BCUT2D eigenvalue weighted by Crippen LogP contribution is -2.48. The Labute approximate surface area is 113 Å². The maximum Gasteiger partial charge on any atom is 0.0462 e. The Morgan fingerprint density at radius 2 is 2.32 bits per heavy atom. The molecule has 1 aliphatic heterocycles. The van der Waals surface area contributed by atoms with E-state index in [2.05, 4.69) is 47.3 Å². The van der Waals surface area contributed by atoms with Crippen LogP contribution in [0.4, 0.5) is 0 Å². The van der Waals surface area contributed by atoms with Crippen molar-refractivity contribution in [2.75, 3.05) is 13.1 Å². The number of rotatable bonds is 1. The number of aromatic amines is 1. The Kier molecular flexibility index (Phi) is 2.34. The van der Waals surface area contributed by atoms with E-state index in [4.69, 9.17) is 5.73 Å². The lowest BCUT2D eigenvalue weighted by molar-refractivity contribution is 0.230. The fraction of sp³-hybridized carbons (Fsp3) is 0.375. The average molecular weight is 253 g/mol. The maximum absolute atomic E-state index is 6.20. The molecular weight excluding hydrogens is 234 g/mol. The second kappa shape index (κ2) is 3.95. The molecule has 2 atom stereocenters. The first-order chi connectivity index (χ1) is 9.28. The van der Waals surface area contributed by atoms with Crippen LogP contribution in [-0.2, 0) is 6.42 Å². The van der Waals surface area contributed by atoms with Gasteiger partial charge in [0.1, 0.15) is 0 Å². The molecule has 2 aliphatic rings. The minimum Gasteiger partial charge on any atom is -0.361 e. The monoisotopic (exact) mass is 253 g/mol. The zero-order valence-electron chi connectivity index (χ0n) is 11.2. The van der Waals surface area contributed by atoms with E-state index >= 15 is 0 Å². The van der Waals surface area contributed by atoms with Gasteiger partial charge in [0.25, 0.3) is 0 Å². The maximum atomic E-state index is 6.20. The van der Waals surface area contributed by atoms with Crippen LogP contribution in [-0.4, -0.2) is 35.1 Å². The third-order valence-electron chi connectivity index (χ3n) is 4.56. The molecule has 3 heteroatoms. The average Bonchev–Trinajstić information content (AvgIpc) is 2.84. The van der Waals surface area contributed by atoms with Crippen LogP contribution >= 0.6 is 0 Å². The van der Waals surface area contributed by atoms with Crippen molar-refractivity contribution in [3.05, 3.63) is 41.6 Å². The van der Waals surface area contributed by atoms with Gasteiger partial charge in [-0.25, -0.2) is 0 Å². The molecule has 0 spiro atoms. The van der Waals surface area contributed by atoms with Crippen LogP contribution < -0.4 is 5.73 Å². The number of likely N-dealkylation sites (N-methyl/N-ethyl adjacent to an activating group) is 1. The van der Waals surface area contributed by atoms with Crippen molar-refractivity contribution in [1.29, 1.82) is 0 Å². The molecule has 0 saturated heterocycles. The van der Waals surface area contributed by atoms with E-state index in [1.165, 1.54) is 27.6 Å². The second-order valence-corrected chi connectivity index (χ2v) is 5.64. The van der Waals surface area contributed by atoms with Crippen molar-refractivity contribution < 1.29 is 0 Å². The molecule has 0 saturated carbocycles. The van der Waals surface area contributed by atoms with Gasteiger partial charge in [-0.05, 0) is 35.7 Å². The highest BCUT2D eigenvalue weighted by molar-refractivity contribution is 5.98. The van der Waals surface area contributed by atoms with E-state index in [0.717, 1.165) is 19.5 Å². The SMILES string of the molecule is CCN1C[C@@H](N)C=C2c3cccc4[nH]cc(c34)C[C@H]21. The van der Waals surface area contributed by atoms with Crippen LogP contribution in [0.15, 0.2) is 30.5 Å². The first-order valence-corrected chi connectivity index (χ1v) is 7.08. The van der Waals surface area contributed by atoms with Crippen LogP contribution in [0, 0.1) is 0 Å². The molecule has 98 valence electrons. The molecule has 1 aliphatic carbocycles. The van der Waals surface area contributed by atoms with Gasteiger partial charge in [0.05, 0.1) is 0 Å². The molecule has 1 aromatic heterocycles. The van der Waals surface area contributed by atoms with Crippen molar-refractivity contribution in [3.8, 4) is 0 Å². The Bertz CT molecular complexity index is 668. The van der Waals surface area contributed by atoms with Crippen LogP contribution in [0.5, 0.6) is 0 Å². The van der Waals surface area contributed by atoms with Gasteiger partial charge in [-0.1, -0.05) is 25.1 Å². The first-order valence-electron chi connectivity index (χ1n) is 7.08. The van der Waals surface area contributed by atoms with Gasteiger partial charge in [0.2, 0.25) is 0 Å². The Balaban J connectivity index is 1.97. The summed E-state index contributed by atoms with van der Waals surface area (Å²) in [6, 6.07) is 7.19. The summed E-state index contributed by atoms with van der Waals surface area (Å²) in [7, 11) is 0. The number of hydrogen-bond donors (Lipinski definition) is 2. The molecule has 19 heavy (non-hydrogen) atoms. The van der Waals surface area contributed by atoms with E-state index in [-0.39, 0.29) is 6.04 Å². The molecule has 0 amide bonds. The van der Waals surface area contributed by atoms with Gasteiger partial charge in [0.15, 0.2) is 0 Å². The Hall–Kier alpha value is -1.58. The third kappa shape index (κ3) is 1.52. The number of H-pyrrole nitrogens is 1. The number of benzene rings is 1. The third-order valence-corrected chi connectivity index (χ3v) is 4.56. The van der Waals surface area contributed by atoms with Gasteiger partial charge >= 0.3 is 0 Å². The molecule has 4 rings (SSSR count). The molecule has 3 N–H and O–H groups in total. The highest BCUT2D eigenvalue weighted by atomic mass is 15.2. The van der Waals surface area contributed by atoms with Crippen LogP contribution in [0.25, 0.3) is 16.5 Å². The largest absolute Gasteiger partial charge is 0.361 e. The molecule has 0 unspecified atom stereocenters. The summed E-state index contributed by atoms with van der Waals surface area (Å²) >= 11 is 0. The minimum atomic E-state index is 0.155. The van der Waals surface area contributed by atoms with E-state index in [9.17, 15) is 0 Å². The Morgan fingerprint density at radius 3 is 3.16 bits per heavy atom. The number of nitrogens with two attached hydrogens (primary N) is 1. The molecule has 0 bridgehead atoms. The number of nitrogens with zero attached hydrogens (tertiary/aromatic N) is 1. The second-order valence-electron chi connectivity index (χ2n) is 5.64. The van der Waals surface area contributed by atoms with E-state index in [1.54, 1.807) is 0 Å². The van der Waals surface area contributed by atoms with E-state index < -0.39 is 0 Å². The van der Waals surface area contributed by atoms with Gasteiger partial charge in [-0.2, -0.15) is 0 Å². The summed E-state index contributed by atoms with van der Waals surface area (Å²) in [5.74, 6) is 0. The summed E-state index contributed by atoms with van der Waals surface area (Å²) in [6.07, 6.45) is 5.55. The molecule has 3 nitrogen and oxygen atoms in total. The fourth-order valence-electron chi connectivity index (χ4n) is 3.71. The van der Waals surface area contributed by atoms with E-state index in [1.807, 2.05) is 0 Å². The standard InChI is InChI=1S/C16H19N3/c1-2-19-9-11(17)7-13-12-4-3-5-14-16(12)10(8-18-14)6-15(13)19/h3-5,7-8,11,15,18H,2,6,9,17H2,1H3/t11-,15+/m0/s1. The fourth-order valence-corrected chi connectivity index (χ4v) is 3.71. The van der Waals surface area contributed by atoms with Crippen molar-refractivity contribution >= 4 is 16.5 Å². The first kappa shape index (κ1) is 11.3. The Morgan fingerprint density at radius 1 is 1.42 bits per heavy atom. The van der Waals surface area contributed by atoms with Gasteiger partial charge in [-0.15, -0.1) is 0 Å². The summed E-state index contributed by atoms with van der Waals surface area (Å²) in [5, 5.41) is 1.40. The van der Waals surface area contributed by atoms with Crippen LogP contribution in [0.3, 0.4) is 0 Å². The van der Waals surface area contributed by atoms with Crippen molar-refractivity contribution in [2.24, 2.45) is 5.73 Å². The topological polar surface area (TPSA) is 45.0 Å². The van der Waals surface area contributed by atoms with Crippen molar-refractivity contribution in [3.63, 3.8) is 0 Å². The lowest BCUT2D eigenvalue weighted by atomic mass is 9.81. The number of fused-ring (bicyclic) bond motifs is 2. The molecule has 0 fully saturated rings. The summed E-state index contributed by atoms with van der Waals surface area (Å²) in [5.41, 5.74) is 11.7. The summed E-state index contributed by atoms with van der Waals surface area (Å²) in [6.45, 7) is 4.26. The van der Waals surface area contributed by atoms with Gasteiger partial charge in [0, 0.05) is 35.7 Å². The summed E-state index contributed by atoms with van der Waals surface area (Å²) in [4.78, 5) is 5.91. The number of hydrogen-bond acceptors (Lipinski definition) is 2. The number of nitrogens with one attached hydrogen (secondary N) is 1. The summed E-state index contributed by atoms with van der Waals surface area (Å²) < 4.78 is 0. The van der Waals surface area contributed by atoms with Crippen LogP contribution in [0.1, 0.15) is 18.1 Å². The lowest BCUT2D eigenvalue weighted by Gasteiger charge is -2.40. The highest BCUT2D eigenvalue weighted by Crippen LogP contribution is 2.39. The zero-order chi connectivity index (χ0) is 13.0. The highest BCUT2D eigenvalue weighted by Gasteiger charge is 2.33. The predicted molar refractivity (Wildman–Crippen MR) is 79.0 cm³/mol. The van der Waals surface area contributed by atoms with Gasteiger partial charge < -0.3 is 10.7 Å². The van der Waals surface area contributed by atoms with Crippen molar-refractivity contribution in [1.82, 2.24) is 9.88 Å². The quantitative estimate of drug-likeness (QED) is 0.818.